The van der Waals surface area contributed by atoms with E-state index < -0.39 is 5.97 Å². The van der Waals surface area contributed by atoms with E-state index in [0.29, 0.717) is 18.6 Å². The van der Waals surface area contributed by atoms with E-state index >= 15 is 0 Å². The van der Waals surface area contributed by atoms with Crippen LogP contribution < -0.4 is 0 Å². The first kappa shape index (κ1) is 11.0. The molecule has 16 heavy (non-hydrogen) atoms. The maximum Gasteiger partial charge on any atom is 0.303 e. The molecule has 0 bridgehead atoms. The first-order chi connectivity index (χ1) is 7.68. The quantitative estimate of drug-likeness (QED) is 0.818. The van der Waals surface area contributed by atoms with Crippen LogP contribution in [0.15, 0.2) is 12.1 Å². The smallest absolute Gasteiger partial charge is 0.303 e. The van der Waals surface area contributed by atoms with Crippen LogP contribution >= 0.6 is 0 Å². The van der Waals surface area contributed by atoms with Crippen LogP contribution in [0, 0.1) is 0 Å². The van der Waals surface area contributed by atoms with Gasteiger partial charge in [-0.2, -0.15) is 0 Å². The zero-order valence-corrected chi connectivity index (χ0v) is 9.20. The van der Waals surface area contributed by atoms with Crippen molar-refractivity contribution in [2.75, 3.05) is 0 Å². The van der Waals surface area contributed by atoms with Crippen LogP contribution in [-0.2, 0) is 24.1 Å². The van der Waals surface area contributed by atoms with E-state index in [0.717, 1.165) is 30.4 Å². The Morgan fingerprint density at radius 1 is 1.31 bits per heavy atom. The van der Waals surface area contributed by atoms with Crippen molar-refractivity contribution in [1.82, 2.24) is 0 Å². The third kappa shape index (κ3) is 2.18. The van der Waals surface area contributed by atoms with Gasteiger partial charge in [-0.3, -0.25) is 4.79 Å². The first-order valence-corrected chi connectivity index (χ1v) is 5.73. The lowest BCUT2D eigenvalue weighted by Crippen LogP contribution is -1.97. The molecule has 0 aliphatic heterocycles. The number of aryl methyl sites for hydroxylation is 2. The SMILES string of the molecule is O=C(O)CCCc1ccc2c(c1O)CCC2. The molecular weight excluding hydrogens is 204 g/mol. The minimum atomic E-state index is -0.777. The van der Waals surface area contributed by atoms with Crippen LogP contribution in [0.4, 0.5) is 0 Å². The number of rotatable bonds is 4. The van der Waals surface area contributed by atoms with Gasteiger partial charge in [-0.1, -0.05) is 12.1 Å². The van der Waals surface area contributed by atoms with E-state index in [-0.39, 0.29) is 6.42 Å². The topological polar surface area (TPSA) is 57.5 Å². The van der Waals surface area contributed by atoms with Gasteiger partial charge in [0.2, 0.25) is 0 Å². The second kappa shape index (κ2) is 4.56. The summed E-state index contributed by atoms with van der Waals surface area (Å²) in [5.41, 5.74) is 3.22. The normalized spacial score (nSPS) is 13.8. The molecule has 0 unspecified atom stereocenters. The molecule has 0 atom stereocenters. The Morgan fingerprint density at radius 3 is 2.88 bits per heavy atom. The molecule has 1 aromatic rings. The van der Waals surface area contributed by atoms with Crippen molar-refractivity contribution in [3.63, 3.8) is 0 Å². The Morgan fingerprint density at radius 2 is 2.12 bits per heavy atom. The summed E-state index contributed by atoms with van der Waals surface area (Å²) in [7, 11) is 0. The van der Waals surface area contributed by atoms with Gasteiger partial charge in [-0.15, -0.1) is 0 Å². The van der Waals surface area contributed by atoms with Gasteiger partial charge >= 0.3 is 5.97 Å². The van der Waals surface area contributed by atoms with Crippen molar-refractivity contribution in [1.29, 1.82) is 0 Å². The monoisotopic (exact) mass is 220 g/mol. The molecule has 0 saturated heterocycles. The van der Waals surface area contributed by atoms with Crippen LogP contribution in [0.25, 0.3) is 0 Å². The van der Waals surface area contributed by atoms with Gasteiger partial charge in [0.25, 0.3) is 0 Å². The molecule has 2 N–H and O–H groups in total. The molecule has 2 rings (SSSR count). The minimum absolute atomic E-state index is 0.163. The maximum atomic E-state index is 10.4. The van der Waals surface area contributed by atoms with Crippen LogP contribution in [-0.4, -0.2) is 16.2 Å². The van der Waals surface area contributed by atoms with E-state index in [1.165, 1.54) is 5.56 Å². The lowest BCUT2D eigenvalue weighted by Gasteiger charge is -2.08. The number of carboxylic acid groups (broad SMARTS) is 1. The minimum Gasteiger partial charge on any atom is -0.507 e. The highest BCUT2D eigenvalue weighted by atomic mass is 16.4. The second-order valence-corrected chi connectivity index (χ2v) is 4.31. The number of hydrogen-bond donors (Lipinski definition) is 2. The Hall–Kier alpha value is -1.51. The maximum absolute atomic E-state index is 10.4. The molecule has 1 aliphatic rings. The number of phenolic OH excluding ortho intramolecular Hbond substituents is 1. The molecule has 0 heterocycles. The second-order valence-electron chi connectivity index (χ2n) is 4.31. The predicted octanol–water partition coefficient (Wildman–Crippen LogP) is 2.29. The van der Waals surface area contributed by atoms with Gasteiger partial charge in [0.05, 0.1) is 0 Å². The molecular formula is C13H16O3. The third-order valence-corrected chi connectivity index (χ3v) is 3.17. The summed E-state index contributed by atoms with van der Waals surface area (Å²) < 4.78 is 0. The molecule has 0 spiro atoms. The Bertz CT molecular complexity index is 410. The fraction of sp³-hybridized carbons (Fsp3) is 0.462. The van der Waals surface area contributed by atoms with E-state index in [2.05, 4.69) is 6.07 Å². The largest absolute Gasteiger partial charge is 0.507 e. The summed E-state index contributed by atoms with van der Waals surface area (Å²) in [6.07, 6.45) is 4.51. The first-order valence-electron chi connectivity index (χ1n) is 5.73. The molecule has 0 saturated carbocycles. The zero-order chi connectivity index (χ0) is 11.5. The predicted molar refractivity (Wildman–Crippen MR) is 60.7 cm³/mol. The highest BCUT2D eigenvalue weighted by molar-refractivity contribution is 5.66. The molecule has 0 fully saturated rings. The van der Waals surface area contributed by atoms with Gasteiger partial charge in [0.15, 0.2) is 0 Å². The van der Waals surface area contributed by atoms with Crippen LogP contribution in [0.5, 0.6) is 5.75 Å². The fourth-order valence-electron chi connectivity index (χ4n) is 2.33. The van der Waals surface area contributed by atoms with E-state index in [4.69, 9.17) is 5.11 Å². The third-order valence-electron chi connectivity index (χ3n) is 3.17. The van der Waals surface area contributed by atoms with Gasteiger partial charge in [-0.05, 0) is 48.8 Å². The van der Waals surface area contributed by atoms with Crippen LogP contribution in [0.3, 0.4) is 0 Å². The molecule has 1 aliphatic carbocycles. The molecule has 86 valence electrons. The fourth-order valence-corrected chi connectivity index (χ4v) is 2.33. The number of carbonyl (C=O) groups is 1. The summed E-state index contributed by atoms with van der Waals surface area (Å²) in [4.78, 5) is 10.4. The molecule has 3 heteroatoms. The van der Waals surface area contributed by atoms with Crippen molar-refractivity contribution >= 4 is 5.97 Å². The standard InChI is InChI=1S/C13H16O3/c14-12(15)6-2-4-10-8-7-9-3-1-5-11(9)13(10)16/h7-8,16H,1-6H2,(H,14,15). The number of aliphatic carboxylic acids is 1. The Kier molecular flexibility index (Phi) is 3.13. The van der Waals surface area contributed by atoms with Gasteiger partial charge in [-0.25, -0.2) is 0 Å². The summed E-state index contributed by atoms with van der Waals surface area (Å²) in [6.45, 7) is 0. The van der Waals surface area contributed by atoms with Crippen molar-refractivity contribution in [3.8, 4) is 5.75 Å². The van der Waals surface area contributed by atoms with Crippen molar-refractivity contribution in [2.24, 2.45) is 0 Å². The number of aromatic hydroxyl groups is 1. The Labute approximate surface area is 94.7 Å². The Balaban J connectivity index is 2.08. The summed E-state index contributed by atoms with van der Waals surface area (Å²) in [5.74, 6) is -0.374. The highest BCUT2D eigenvalue weighted by Crippen LogP contribution is 2.33. The van der Waals surface area contributed by atoms with Crippen LogP contribution in [0.1, 0.15) is 36.0 Å². The summed E-state index contributed by atoms with van der Waals surface area (Å²) in [5, 5.41) is 18.6. The molecule has 1 aromatic carbocycles. The van der Waals surface area contributed by atoms with E-state index in [1.807, 2.05) is 6.07 Å². The number of carboxylic acids is 1. The average molecular weight is 220 g/mol. The lowest BCUT2D eigenvalue weighted by molar-refractivity contribution is -0.137. The van der Waals surface area contributed by atoms with Crippen molar-refractivity contribution in [2.45, 2.75) is 38.5 Å². The van der Waals surface area contributed by atoms with Gasteiger partial charge < -0.3 is 10.2 Å². The summed E-state index contributed by atoms with van der Waals surface area (Å²) in [6, 6.07) is 4.00. The zero-order valence-electron chi connectivity index (χ0n) is 9.20. The van der Waals surface area contributed by atoms with E-state index in [1.54, 1.807) is 0 Å². The number of hydrogen-bond acceptors (Lipinski definition) is 2. The summed E-state index contributed by atoms with van der Waals surface area (Å²) >= 11 is 0. The average Bonchev–Trinajstić information content (AvgIpc) is 2.69. The molecule has 0 amide bonds. The molecule has 0 aromatic heterocycles. The van der Waals surface area contributed by atoms with E-state index in [9.17, 15) is 9.90 Å². The van der Waals surface area contributed by atoms with Crippen LogP contribution in [0.2, 0.25) is 0 Å². The number of benzene rings is 1. The lowest BCUT2D eigenvalue weighted by atomic mass is 10.0. The van der Waals surface area contributed by atoms with Crippen molar-refractivity contribution < 1.29 is 15.0 Å². The highest BCUT2D eigenvalue weighted by Gasteiger charge is 2.17. The number of phenols is 1. The van der Waals surface area contributed by atoms with Gasteiger partial charge in [0, 0.05) is 6.42 Å². The molecule has 0 radical (unpaired) electrons. The molecule has 3 nitrogen and oxygen atoms in total. The van der Waals surface area contributed by atoms with Crippen molar-refractivity contribution in [3.05, 3.63) is 28.8 Å². The number of fused-ring (bicyclic) bond motifs is 1. The van der Waals surface area contributed by atoms with Gasteiger partial charge in [0.1, 0.15) is 5.75 Å².